The molecule has 0 fully saturated rings. The highest BCUT2D eigenvalue weighted by molar-refractivity contribution is 5.08. The van der Waals surface area contributed by atoms with Gasteiger partial charge in [-0.3, -0.25) is 20.2 Å². The van der Waals surface area contributed by atoms with E-state index < -0.39 is 27.8 Å². The van der Waals surface area contributed by atoms with Crippen LogP contribution in [0.3, 0.4) is 0 Å². The van der Waals surface area contributed by atoms with Gasteiger partial charge in [0.15, 0.2) is 5.92 Å². The average molecular weight is 228 g/mol. The van der Waals surface area contributed by atoms with Gasteiger partial charge < -0.3 is 4.42 Å². The van der Waals surface area contributed by atoms with Gasteiger partial charge >= 0.3 is 0 Å². The fourth-order valence-corrected chi connectivity index (χ4v) is 1.62. The van der Waals surface area contributed by atoms with Gasteiger partial charge in [0, 0.05) is 23.7 Å². The number of nitrogens with zero attached hydrogens (tertiary/aromatic N) is 2. The van der Waals surface area contributed by atoms with Crippen LogP contribution in [0.1, 0.15) is 25.5 Å². The van der Waals surface area contributed by atoms with E-state index >= 15 is 0 Å². The van der Waals surface area contributed by atoms with Gasteiger partial charge in [0.1, 0.15) is 5.76 Å². The molecule has 1 rings (SSSR count). The van der Waals surface area contributed by atoms with Crippen LogP contribution in [-0.4, -0.2) is 21.9 Å². The van der Waals surface area contributed by atoms with E-state index in [0.717, 1.165) is 0 Å². The molecule has 0 amide bonds. The van der Waals surface area contributed by atoms with Crippen LogP contribution in [0, 0.1) is 20.2 Å². The second kappa shape index (κ2) is 4.73. The van der Waals surface area contributed by atoms with Crippen LogP contribution < -0.4 is 0 Å². The summed E-state index contributed by atoms with van der Waals surface area (Å²) in [5.41, 5.74) is 0. The lowest BCUT2D eigenvalue weighted by Gasteiger charge is -2.16. The molecule has 0 aliphatic carbocycles. The summed E-state index contributed by atoms with van der Waals surface area (Å²) < 4.78 is 5.03. The third-order valence-electron chi connectivity index (χ3n) is 2.58. The zero-order chi connectivity index (χ0) is 12.3. The Balaban J connectivity index is 3.03. The number of nitro groups is 2. The molecule has 7 heteroatoms. The molecule has 1 aromatic rings. The summed E-state index contributed by atoms with van der Waals surface area (Å²) >= 11 is 0. The van der Waals surface area contributed by atoms with Gasteiger partial charge in [-0.25, -0.2) is 0 Å². The van der Waals surface area contributed by atoms with E-state index in [1.165, 1.54) is 26.2 Å². The van der Waals surface area contributed by atoms with Crippen molar-refractivity contribution in [3.8, 4) is 0 Å². The lowest BCUT2D eigenvalue weighted by atomic mass is 9.92. The Morgan fingerprint density at radius 2 is 1.69 bits per heavy atom. The van der Waals surface area contributed by atoms with E-state index in [1.807, 2.05) is 0 Å². The van der Waals surface area contributed by atoms with E-state index in [4.69, 9.17) is 4.42 Å². The van der Waals surface area contributed by atoms with Crippen LogP contribution in [0.5, 0.6) is 0 Å². The molecule has 2 unspecified atom stereocenters. The lowest BCUT2D eigenvalue weighted by Crippen LogP contribution is -2.35. The Bertz CT molecular complexity index is 355. The molecule has 88 valence electrons. The molecule has 0 saturated carbocycles. The molecule has 2 atom stereocenters. The summed E-state index contributed by atoms with van der Waals surface area (Å²) in [4.78, 5) is 20.3. The van der Waals surface area contributed by atoms with Gasteiger partial charge in [-0.1, -0.05) is 0 Å². The first-order chi connectivity index (χ1) is 7.45. The van der Waals surface area contributed by atoms with Crippen molar-refractivity contribution in [2.45, 2.75) is 31.8 Å². The fourth-order valence-electron chi connectivity index (χ4n) is 1.62. The smallest absolute Gasteiger partial charge is 0.226 e. The maximum Gasteiger partial charge on any atom is 0.226 e. The monoisotopic (exact) mass is 228 g/mol. The topological polar surface area (TPSA) is 99.4 Å². The number of hydrogen-bond donors (Lipinski definition) is 0. The molecule has 1 aromatic heterocycles. The zero-order valence-corrected chi connectivity index (χ0v) is 8.90. The third kappa shape index (κ3) is 2.36. The number of rotatable bonds is 5. The van der Waals surface area contributed by atoms with E-state index in [-0.39, 0.29) is 5.76 Å². The lowest BCUT2D eigenvalue weighted by molar-refractivity contribution is -0.562. The van der Waals surface area contributed by atoms with Gasteiger partial charge in [0.05, 0.1) is 6.26 Å². The number of hydrogen-bond acceptors (Lipinski definition) is 5. The van der Waals surface area contributed by atoms with Crippen molar-refractivity contribution in [1.29, 1.82) is 0 Å². The van der Waals surface area contributed by atoms with Crippen LogP contribution in [0.15, 0.2) is 22.8 Å². The van der Waals surface area contributed by atoms with Crippen LogP contribution in [0.4, 0.5) is 0 Å². The number of furan rings is 1. The predicted molar refractivity (Wildman–Crippen MR) is 54.4 cm³/mol. The van der Waals surface area contributed by atoms with Crippen molar-refractivity contribution in [3.63, 3.8) is 0 Å². The Morgan fingerprint density at radius 3 is 2.00 bits per heavy atom. The Hall–Kier alpha value is -1.92. The van der Waals surface area contributed by atoms with Crippen LogP contribution in [0.2, 0.25) is 0 Å². The van der Waals surface area contributed by atoms with Crippen molar-refractivity contribution < 1.29 is 14.3 Å². The van der Waals surface area contributed by atoms with Crippen molar-refractivity contribution in [2.75, 3.05) is 0 Å². The second-order valence-electron chi connectivity index (χ2n) is 3.59. The van der Waals surface area contributed by atoms with Gasteiger partial charge in [-0.2, -0.15) is 0 Å². The Labute approximate surface area is 91.4 Å². The summed E-state index contributed by atoms with van der Waals surface area (Å²) in [5, 5.41) is 21.4. The molecule has 1 heterocycles. The summed E-state index contributed by atoms with van der Waals surface area (Å²) in [6, 6.07) is 0.949. The minimum Gasteiger partial charge on any atom is -0.469 e. The zero-order valence-electron chi connectivity index (χ0n) is 8.90. The van der Waals surface area contributed by atoms with Crippen LogP contribution in [0.25, 0.3) is 0 Å². The van der Waals surface area contributed by atoms with E-state index in [2.05, 4.69) is 0 Å². The second-order valence-corrected chi connectivity index (χ2v) is 3.59. The Morgan fingerprint density at radius 1 is 1.19 bits per heavy atom. The molecule has 0 N–H and O–H groups in total. The fraction of sp³-hybridized carbons (Fsp3) is 0.556. The standard InChI is InChI=1S/C9H12N2O5/c1-6(10(12)13)9(7(2)11(14)15)8-4-3-5-16-8/h3-7,9H,1-2H3. The normalized spacial score (nSPS) is 16.4. The van der Waals surface area contributed by atoms with E-state index in [1.54, 1.807) is 6.07 Å². The highest BCUT2D eigenvalue weighted by atomic mass is 16.6. The Kier molecular flexibility index (Phi) is 3.60. The van der Waals surface area contributed by atoms with Gasteiger partial charge in [0.2, 0.25) is 12.1 Å². The van der Waals surface area contributed by atoms with E-state index in [9.17, 15) is 20.2 Å². The SMILES string of the molecule is CC(C(c1ccco1)C(C)[N+](=O)[O-])[N+](=O)[O-]. The first-order valence-electron chi connectivity index (χ1n) is 4.75. The van der Waals surface area contributed by atoms with Gasteiger partial charge in [-0.15, -0.1) is 0 Å². The van der Waals surface area contributed by atoms with Crippen molar-refractivity contribution in [2.24, 2.45) is 0 Å². The van der Waals surface area contributed by atoms with Crippen LogP contribution >= 0.6 is 0 Å². The molecule has 16 heavy (non-hydrogen) atoms. The van der Waals surface area contributed by atoms with Crippen molar-refractivity contribution in [3.05, 3.63) is 44.4 Å². The molecular weight excluding hydrogens is 216 g/mol. The first-order valence-corrected chi connectivity index (χ1v) is 4.75. The highest BCUT2D eigenvalue weighted by Crippen LogP contribution is 2.27. The van der Waals surface area contributed by atoms with Gasteiger partial charge in [0.25, 0.3) is 0 Å². The molecule has 0 radical (unpaired) electrons. The molecule has 0 spiro atoms. The largest absolute Gasteiger partial charge is 0.469 e. The third-order valence-corrected chi connectivity index (χ3v) is 2.58. The molecule has 0 aliphatic heterocycles. The maximum atomic E-state index is 10.7. The van der Waals surface area contributed by atoms with Crippen molar-refractivity contribution >= 4 is 0 Å². The summed E-state index contributed by atoms with van der Waals surface area (Å²) in [6.45, 7) is 2.68. The molecule has 0 bridgehead atoms. The predicted octanol–water partition coefficient (Wildman–Crippen LogP) is 1.69. The minimum absolute atomic E-state index is 0.272. The summed E-state index contributed by atoms with van der Waals surface area (Å²) in [6.07, 6.45) is 1.35. The molecule has 0 aliphatic rings. The maximum absolute atomic E-state index is 10.7. The average Bonchev–Trinajstić information content (AvgIpc) is 2.70. The molecular formula is C9H12N2O5. The van der Waals surface area contributed by atoms with E-state index in [0.29, 0.717) is 0 Å². The minimum atomic E-state index is -1.06. The van der Waals surface area contributed by atoms with Gasteiger partial charge in [-0.05, 0) is 12.1 Å². The highest BCUT2D eigenvalue weighted by Gasteiger charge is 2.41. The molecule has 0 aromatic carbocycles. The molecule has 7 nitrogen and oxygen atoms in total. The quantitative estimate of drug-likeness (QED) is 0.564. The summed E-state index contributed by atoms with van der Waals surface area (Å²) in [5.74, 6) is -0.589. The summed E-state index contributed by atoms with van der Waals surface area (Å²) in [7, 11) is 0. The molecule has 0 saturated heterocycles. The first kappa shape index (κ1) is 12.2. The van der Waals surface area contributed by atoms with Crippen molar-refractivity contribution in [1.82, 2.24) is 0 Å². The van der Waals surface area contributed by atoms with Crippen LogP contribution in [-0.2, 0) is 0 Å².